The van der Waals surface area contributed by atoms with Gasteiger partial charge in [0, 0.05) is 11.4 Å². The van der Waals surface area contributed by atoms with E-state index in [2.05, 4.69) is 14.7 Å². The van der Waals surface area contributed by atoms with Crippen molar-refractivity contribution in [3.8, 4) is 5.75 Å². The van der Waals surface area contributed by atoms with Crippen LogP contribution in [0.25, 0.3) is 0 Å². The molecule has 0 aliphatic heterocycles. The summed E-state index contributed by atoms with van der Waals surface area (Å²) in [6, 6.07) is 5.52. The zero-order chi connectivity index (χ0) is 17.2. The van der Waals surface area contributed by atoms with E-state index in [0.29, 0.717) is 11.4 Å². The molecular weight excluding hydrogens is 320 g/mol. The maximum Gasteiger partial charge on any atom is 0.264 e. The Labute approximate surface area is 133 Å². The fourth-order valence-corrected chi connectivity index (χ4v) is 2.97. The van der Waals surface area contributed by atoms with Gasteiger partial charge in [-0.1, -0.05) is 0 Å². The van der Waals surface area contributed by atoms with E-state index < -0.39 is 15.9 Å². The van der Waals surface area contributed by atoms with Crippen LogP contribution in [0.1, 0.15) is 21.7 Å². The van der Waals surface area contributed by atoms with E-state index in [4.69, 9.17) is 10.5 Å². The Morgan fingerprint density at radius 3 is 2.30 bits per heavy atom. The van der Waals surface area contributed by atoms with Crippen LogP contribution < -0.4 is 15.2 Å². The van der Waals surface area contributed by atoms with Gasteiger partial charge in [-0.15, -0.1) is 0 Å². The second-order valence-electron chi connectivity index (χ2n) is 4.81. The first-order valence-electron chi connectivity index (χ1n) is 6.56. The maximum atomic E-state index is 12.4. The molecule has 1 aromatic heterocycles. The molecule has 1 heterocycles. The van der Waals surface area contributed by atoms with Crippen molar-refractivity contribution >= 4 is 21.9 Å². The minimum atomic E-state index is -3.97. The molecule has 9 heteroatoms. The minimum absolute atomic E-state index is 0.0308. The summed E-state index contributed by atoms with van der Waals surface area (Å²) in [7, 11) is -2.61. The highest BCUT2D eigenvalue weighted by Crippen LogP contribution is 2.23. The van der Waals surface area contributed by atoms with Gasteiger partial charge in [0.2, 0.25) is 5.95 Å². The average Bonchev–Trinajstić information content (AvgIpc) is 2.44. The van der Waals surface area contributed by atoms with Gasteiger partial charge in [-0.25, -0.2) is 23.1 Å². The number of nitrogens with zero attached hydrogens (tertiary/aromatic N) is 2. The standard InChI is InChI=1S/C14H16N4O4S/c1-8-6-9(2)17-14(16-8)18-23(20,21)10-4-5-12(22-3)11(7-10)13(15)19/h4-7H,1-3H3,(H2,15,19)(H,16,17,18). The molecule has 0 saturated carbocycles. The zero-order valence-corrected chi connectivity index (χ0v) is 13.6. The van der Waals surface area contributed by atoms with Gasteiger partial charge < -0.3 is 10.5 Å². The lowest BCUT2D eigenvalue weighted by atomic mass is 10.2. The van der Waals surface area contributed by atoms with Crippen LogP contribution in [-0.4, -0.2) is 31.4 Å². The number of methoxy groups -OCH3 is 1. The number of carbonyl (C=O) groups is 1. The maximum absolute atomic E-state index is 12.4. The highest BCUT2D eigenvalue weighted by molar-refractivity contribution is 7.92. The molecule has 0 fully saturated rings. The van der Waals surface area contributed by atoms with Crippen LogP contribution in [0.5, 0.6) is 5.75 Å². The number of primary amides is 1. The number of sulfonamides is 1. The Hall–Kier alpha value is -2.68. The largest absolute Gasteiger partial charge is 0.496 e. The molecule has 3 N–H and O–H groups in total. The van der Waals surface area contributed by atoms with Crippen LogP contribution in [0.15, 0.2) is 29.2 Å². The van der Waals surface area contributed by atoms with Crippen LogP contribution in [0, 0.1) is 13.8 Å². The van der Waals surface area contributed by atoms with Gasteiger partial charge in [-0.05, 0) is 38.1 Å². The smallest absolute Gasteiger partial charge is 0.264 e. The van der Waals surface area contributed by atoms with Crippen molar-refractivity contribution in [3.63, 3.8) is 0 Å². The SMILES string of the molecule is COc1ccc(S(=O)(=O)Nc2nc(C)cc(C)n2)cc1C(N)=O. The molecular formula is C14H16N4O4S. The number of carbonyl (C=O) groups excluding carboxylic acids is 1. The van der Waals surface area contributed by atoms with Crippen LogP contribution in [0.2, 0.25) is 0 Å². The first kappa shape index (κ1) is 16.7. The molecule has 0 aliphatic carbocycles. The summed E-state index contributed by atoms with van der Waals surface area (Å²) >= 11 is 0. The van der Waals surface area contributed by atoms with Crippen LogP contribution >= 0.6 is 0 Å². The number of nitrogens with two attached hydrogens (primary N) is 1. The first-order chi connectivity index (χ1) is 10.7. The van der Waals surface area contributed by atoms with E-state index in [1.807, 2.05) is 0 Å². The van der Waals surface area contributed by atoms with Crippen LogP contribution in [0.3, 0.4) is 0 Å². The van der Waals surface area contributed by atoms with Gasteiger partial charge in [0.25, 0.3) is 15.9 Å². The topological polar surface area (TPSA) is 124 Å². The number of rotatable bonds is 5. The summed E-state index contributed by atoms with van der Waals surface area (Å²) in [6.07, 6.45) is 0. The number of hydrogen-bond acceptors (Lipinski definition) is 6. The number of aryl methyl sites for hydroxylation is 2. The Balaban J connectivity index is 2.43. The van der Waals surface area contributed by atoms with Crippen molar-refractivity contribution in [3.05, 3.63) is 41.2 Å². The molecule has 1 amide bonds. The van der Waals surface area contributed by atoms with Crippen molar-refractivity contribution < 1.29 is 17.9 Å². The third kappa shape index (κ3) is 3.75. The second-order valence-corrected chi connectivity index (χ2v) is 6.49. The third-order valence-corrected chi connectivity index (χ3v) is 4.28. The molecule has 0 atom stereocenters. The average molecular weight is 336 g/mol. The molecule has 0 saturated heterocycles. The van der Waals surface area contributed by atoms with Gasteiger partial charge in [0.1, 0.15) is 5.75 Å². The van der Waals surface area contributed by atoms with E-state index in [1.54, 1.807) is 19.9 Å². The number of ether oxygens (including phenoxy) is 1. The van der Waals surface area contributed by atoms with Crippen LogP contribution in [-0.2, 0) is 10.0 Å². The number of amides is 1. The summed E-state index contributed by atoms with van der Waals surface area (Å²) in [5.74, 6) is -0.639. The summed E-state index contributed by atoms with van der Waals surface area (Å²) in [4.78, 5) is 19.3. The van der Waals surface area contributed by atoms with E-state index in [-0.39, 0.29) is 22.2 Å². The molecule has 0 radical (unpaired) electrons. The Bertz CT molecular complexity index is 845. The lowest BCUT2D eigenvalue weighted by molar-refractivity contribution is 0.0997. The molecule has 2 aromatic rings. The molecule has 0 unspecified atom stereocenters. The summed E-state index contributed by atoms with van der Waals surface area (Å²) in [6.45, 7) is 3.45. The first-order valence-corrected chi connectivity index (χ1v) is 8.04. The molecule has 0 spiro atoms. The molecule has 0 bridgehead atoms. The zero-order valence-electron chi connectivity index (χ0n) is 12.8. The Kier molecular flexibility index (Phi) is 4.50. The lowest BCUT2D eigenvalue weighted by Gasteiger charge is -2.10. The number of nitrogens with one attached hydrogen (secondary N) is 1. The highest BCUT2D eigenvalue weighted by atomic mass is 32.2. The van der Waals surface area contributed by atoms with E-state index in [9.17, 15) is 13.2 Å². The normalized spacial score (nSPS) is 11.1. The van der Waals surface area contributed by atoms with Crippen molar-refractivity contribution in [2.75, 3.05) is 11.8 Å². The number of hydrogen-bond donors (Lipinski definition) is 2. The second kappa shape index (κ2) is 6.21. The molecule has 2 rings (SSSR count). The van der Waals surface area contributed by atoms with Gasteiger partial charge in [0.05, 0.1) is 17.6 Å². The number of anilines is 1. The van der Waals surface area contributed by atoms with Gasteiger partial charge in [0.15, 0.2) is 0 Å². The summed E-state index contributed by atoms with van der Waals surface area (Å²) < 4.78 is 32.1. The monoisotopic (exact) mass is 336 g/mol. The van der Waals surface area contributed by atoms with E-state index in [1.165, 1.54) is 19.2 Å². The third-order valence-electron chi connectivity index (χ3n) is 2.95. The predicted octanol–water partition coefficient (Wildman–Crippen LogP) is 1.00. The predicted molar refractivity (Wildman–Crippen MR) is 83.8 cm³/mol. The fourth-order valence-electron chi connectivity index (χ4n) is 2.00. The summed E-state index contributed by atoms with van der Waals surface area (Å²) in [5.41, 5.74) is 6.46. The van der Waals surface area contributed by atoms with Gasteiger partial charge >= 0.3 is 0 Å². The highest BCUT2D eigenvalue weighted by Gasteiger charge is 2.20. The van der Waals surface area contributed by atoms with Gasteiger partial charge in [-0.3, -0.25) is 4.79 Å². The van der Waals surface area contributed by atoms with E-state index >= 15 is 0 Å². The van der Waals surface area contributed by atoms with Gasteiger partial charge in [-0.2, -0.15) is 0 Å². The van der Waals surface area contributed by atoms with Crippen LogP contribution in [0.4, 0.5) is 5.95 Å². The molecule has 1 aromatic carbocycles. The lowest BCUT2D eigenvalue weighted by Crippen LogP contribution is -2.18. The quantitative estimate of drug-likeness (QED) is 0.839. The molecule has 8 nitrogen and oxygen atoms in total. The fraction of sp³-hybridized carbons (Fsp3) is 0.214. The number of benzene rings is 1. The minimum Gasteiger partial charge on any atom is -0.496 e. The Morgan fingerprint density at radius 2 is 1.78 bits per heavy atom. The number of aromatic nitrogens is 2. The molecule has 23 heavy (non-hydrogen) atoms. The van der Waals surface area contributed by atoms with Crippen molar-refractivity contribution in [2.45, 2.75) is 18.7 Å². The van der Waals surface area contributed by atoms with Crippen molar-refractivity contribution in [2.24, 2.45) is 5.73 Å². The molecule has 0 aliphatic rings. The van der Waals surface area contributed by atoms with Crippen molar-refractivity contribution in [1.82, 2.24) is 9.97 Å². The molecule has 122 valence electrons. The Morgan fingerprint density at radius 1 is 1.17 bits per heavy atom. The van der Waals surface area contributed by atoms with E-state index in [0.717, 1.165) is 6.07 Å². The van der Waals surface area contributed by atoms with Crippen molar-refractivity contribution in [1.29, 1.82) is 0 Å². The summed E-state index contributed by atoms with van der Waals surface area (Å²) in [5, 5.41) is 0.